The third-order valence-electron chi connectivity index (χ3n) is 2.33. The minimum absolute atomic E-state index is 0.362. The predicted octanol–water partition coefficient (Wildman–Crippen LogP) is 3.28. The lowest BCUT2D eigenvalue weighted by Crippen LogP contribution is -2.25. The number of hydrogen-bond acceptors (Lipinski definition) is 3. The molecule has 1 fully saturated rings. The predicted molar refractivity (Wildman–Crippen MR) is 64.6 cm³/mol. The molecule has 0 aliphatic heterocycles. The summed E-state index contributed by atoms with van der Waals surface area (Å²) in [6, 6.07) is 5.92. The first-order valence-corrected chi connectivity index (χ1v) is 6.38. The third kappa shape index (κ3) is 2.55. The Kier molecular flexibility index (Phi) is 3.36. The van der Waals surface area contributed by atoms with E-state index in [0.717, 1.165) is 15.1 Å². The van der Waals surface area contributed by atoms with Crippen LogP contribution in [-0.2, 0) is 4.79 Å². The van der Waals surface area contributed by atoms with E-state index in [-0.39, 0.29) is 0 Å². The molecule has 1 aliphatic rings. The molecule has 0 aromatic heterocycles. The fraction of sp³-hybridized carbons (Fsp3) is 0.364. The molecule has 0 saturated heterocycles. The summed E-state index contributed by atoms with van der Waals surface area (Å²) in [5.74, 6) is 1.24. The van der Waals surface area contributed by atoms with Gasteiger partial charge in [-0.05, 0) is 18.2 Å². The number of methoxy groups -OCH3 is 1. The Hall–Kier alpha value is -0.480. The van der Waals surface area contributed by atoms with Crippen molar-refractivity contribution in [3.63, 3.8) is 0 Å². The standard InChI is InChI=1S/C11H11BrO2S/c1-14-10-3-2-7(12)4-11(10)15-9-5-8(13)6-9/h2-4,9H,5-6H2,1H3. The number of benzene rings is 1. The van der Waals surface area contributed by atoms with Crippen molar-refractivity contribution in [3.05, 3.63) is 22.7 Å². The smallest absolute Gasteiger partial charge is 0.135 e. The van der Waals surface area contributed by atoms with Gasteiger partial charge in [0.05, 0.1) is 12.0 Å². The molecule has 0 heterocycles. The van der Waals surface area contributed by atoms with Crippen molar-refractivity contribution in [2.75, 3.05) is 7.11 Å². The van der Waals surface area contributed by atoms with Crippen LogP contribution in [0, 0.1) is 0 Å². The van der Waals surface area contributed by atoms with E-state index in [9.17, 15) is 4.79 Å². The topological polar surface area (TPSA) is 26.3 Å². The molecule has 80 valence electrons. The van der Waals surface area contributed by atoms with Gasteiger partial charge >= 0.3 is 0 Å². The summed E-state index contributed by atoms with van der Waals surface area (Å²) in [5, 5.41) is 0.431. The molecule has 2 nitrogen and oxygen atoms in total. The molecule has 1 aromatic rings. The van der Waals surface area contributed by atoms with E-state index in [4.69, 9.17) is 4.74 Å². The number of ether oxygens (including phenoxy) is 1. The van der Waals surface area contributed by atoms with Crippen LogP contribution in [0.25, 0.3) is 0 Å². The average Bonchev–Trinajstić information content (AvgIpc) is 2.16. The molecule has 0 atom stereocenters. The van der Waals surface area contributed by atoms with Gasteiger partial charge in [0.1, 0.15) is 11.5 Å². The molecule has 0 unspecified atom stereocenters. The Morgan fingerprint density at radius 3 is 2.80 bits per heavy atom. The van der Waals surface area contributed by atoms with Crippen molar-refractivity contribution in [2.24, 2.45) is 0 Å². The second kappa shape index (κ2) is 4.58. The largest absolute Gasteiger partial charge is 0.496 e. The van der Waals surface area contributed by atoms with Gasteiger partial charge in [-0.3, -0.25) is 4.79 Å². The Balaban J connectivity index is 2.11. The van der Waals surface area contributed by atoms with E-state index in [1.54, 1.807) is 18.9 Å². The van der Waals surface area contributed by atoms with E-state index in [1.807, 2.05) is 18.2 Å². The molecule has 0 radical (unpaired) electrons. The van der Waals surface area contributed by atoms with Gasteiger partial charge in [-0.25, -0.2) is 0 Å². The van der Waals surface area contributed by atoms with Crippen molar-refractivity contribution in [1.29, 1.82) is 0 Å². The molecule has 2 rings (SSSR count). The van der Waals surface area contributed by atoms with Crippen molar-refractivity contribution >= 4 is 33.5 Å². The van der Waals surface area contributed by atoms with Gasteiger partial charge in [0.15, 0.2) is 0 Å². The van der Waals surface area contributed by atoms with Crippen molar-refractivity contribution in [1.82, 2.24) is 0 Å². The van der Waals surface area contributed by atoms with Crippen LogP contribution >= 0.6 is 27.7 Å². The summed E-state index contributed by atoms with van der Waals surface area (Å²) in [6.45, 7) is 0. The summed E-state index contributed by atoms with van der Waals surface area (Å²) >= 11 is 5.16. The summed E-state index contributed by atoms with van der Waals surface area (Å²) in [6.07, 6.45) is 1.39. The monoisotopic (exact) mass is 286 g/mol. The maximum Gasteiger partial charge on any atom is 0.135 e. The quantitative estimate of drug-likeness (QED) is 0.853. The fourth-order valence-electron chi connectivity index (χ4n) is 1.45. The zero-order valence-corrected chi connectivity index (χ0v) is 10.7. The Bertz CT molecular complexity index is 384. The van der Waals surface area contributed by atoms with Crippen LogP contribution in [0.15, 0.2) is 27.6 Å². The van der Waals surface area contributed by atoms with Gasteiger partial charge in [0.25, 0.3) is 0 Å². The maximum atomic E-state index is 10.9. The third-order valence-corrected chi connectivity index (χ3v) is 4.06. The Morgan fingerprint density at radius 2 is 2.20 bits per heavy atom. The number of carbonyl (C=O) groups is 1. The van der Waals surface area contributed by atoms with Crippen LogP contribution in [-0.4, -0.2) is 18.1 Å². The van der Waals surface area contributed by atoms with Crippen LogP contribution in [0.1, 0.15) is 12.8 Å². The average molecular weight is 287 g/mol. The molecular formula is C11H11BrO2S. The maximum absolute atomic E-state index is 10.9. The number of carbonyl (C=O) groups excluding carboxylic acids is 1. The first-order chi connectivity index (χ1) is 7.19. The van der Waals surface area contributed by atoms with E-state index in [2.05, 4.69) is 15.9 Å². The van der Waals surface area contributed by atoms with Gasteiger partial charge in [-0.1, -0.05) is 15.9 Å². The number of thioether (sulfide) groups is 1. The van der Waals surface area contributed by atoms with Crippen LogP contribution in [0.4, 0.5) is 0 Å². The highest BCUT2D eigenvalue weighted by atomic mass is 79.9. The Labute approximate surface area is 102 Å². The minimum Gasteiger partial charge on any atom is -0.496 e. The zero-order valence-electron chi connectivity index (χ0n) is 8.33. The van der Waals surface area contributed by atoms with Gasteiger partial charge in [0.2, 0.25) is 0 Å². The van der Waals surface area contributed by atoms with E-state index >= 15 is 0 Å². The zero-order chi connectivity index (χ0) is 10.8. The summed E-state index contributed by atoms with van der Waals surface area (Å²) in [5.41, 5.74) is 0. The SMILES string of the molecule is COc1ccc(Br)cc1SC1CC(=O)C1. The van der Waals surface area contributed by atoms with Gasteiger partial charge < -0.3 is 4.74 Å². The molecule has 0 spiro atoms. The molecule has 0 bridgehead atoms. The van der Waals surface area contributed by atoms with Gasteiger partial charge in [0, 0.05) is 22.6 Å². The van der Waals surface area contributed by atoms with Crippen LogP contribution in [0.2, 0.25) is 0 Å². The number of halogens is 1. The first kappa shape index (κ1) is 11.0. The summed E-state index contributed by atoms with van der Waals surface area (Å²) in [7, 11) is 1.67. The first-order valence-electron chi connectivity index (χ1n) is 4.71. The molecule has 0 amide bonds. The minimum atomic E-state index is 0.362. The summed E-state index contributed by atoms with van der Waals surface area (Å²) in [4.78, 5) is 12.0. The lowest BCUT2D eigenvalue weighted by Gasteiger charge is -2.24. The van der Waals surface area contributed by atoms with Crippen LogP contribution < -0.4 is 4.74 Å². The van der Waals surface area contributed by atoms with Crippen LogP contribution in [0.5, 0.6) is 5.75 Å². The molecule has 15 heavy (non-hydrogen) atoms. The normalized spacial score (nSPS) is 16.3. The van der Waals surface area contributed by atoms with E-state index in [0.29, 0.717) is 23.9 Å². The van der Waals surface area contributed by atoms with Crippen molar-refractivity contribution < 1.29 is 9.53 Å². The van der Waals surface area contributed by atoms with Crippen LogP contribution in [0.3, 0.4) is 0 Å². The van der Waals surface area contributed by atoms with Gasteiger partial charge in [-0.2, -0.15) is 0 Å². The fourth-order valence-corrected chi connectivity index (χ4v) is 3.33. The highest BCUT2D eigenvalue weighted by Gasteiger charge is 2.28. The molecule has 1 saturated carbocycles. The molecule has 4 heteroatoms. The lowest BCUT2D eigenvalue weighted by atomic mass is 9.98. The number of ketones is 1. The van der Waals surface area contributed by atoms with Crippen molar-refractivity contribution in [2.45, 2.75) is 23.0 Å². The van der Waals surface area contributed by atoms with Gasteiger partial charge in [-0.15, -0.1) is 11.8 Å². The second-order valence-electron chi connectivity index (χ2n) is 3.48. The highest BCUT2D eigenvalue weighted by molar-refractivity contribution is 9.10. The molecule has 1 aromatic carbocycles. The van der Waals surface area contributed by atoms with Crippen molar-refractivity contribution in [3.8, 4) is 5.75 Å². The molecular weight excluding hydrogens is 276 g/mol. The highest BCUT2D eigenvalue weighted by Crippen LogP contribution is 2.40. The summed E-state index contributed by atoms with van der Waals surface area (Å²) < 4.78 is 6.31. The Morgan fingerprint density at radius 1 is 1.47 bits per heavy atom. The lowest BCUT2D eigenvalue weighted by molar-refractivity contribution is -0.123. The number of Topliss-reactive ketones (excluding diaryl/α,β-unsaturated/α-hetero) is 1. The number of hydrogen-bond donors (Lipinski definition) is 0. The number of rotatable bonds is 3. The molecule has 1 aliphatic carbocycles. The van der Waals surface area contributed by atoms with E-state index in [1.165, 1.54) is 0 Å². The van der Waals surface area contributed by atoms with E-state index < -0.39 is 0 Å². The molecule has 0 N–H and O–H groups in total. The second-order valence-corrected chi connectivity index (χ2v) is 5.74.